The van der Waals surface area contributed by atoms with Crippen LogP contribution in [0.15, 0.2) is 85.2 Å². The van der Waals surface area contributed by atoms with E-state index >= 15 is 0 Å². The van der Waals surface area contributed by atoms with Crippen LogP contribution < -0.4 is 21.7 Å². The fraction of sp³-hybridized carbons (Fsp3) is 0.192. The first-order valence-electron chi connectivity index (χ1n) is 10.3. The van der Waals surface area contributed by atoms with Crippen molar-refractivity contribution in [1.29, 1.82) is 0 Å². The topological polar surface area (TPSA) is 18.0 Å². The van der Waals surface area contributed by atoms with Crippen LogP contribution in [0.4, 0.5) is 0 Å². The minimum absolute atomic E-state index is 0. The quantitative estimate of drug-likeness (QED) is 0.455. The lowest BCUT2D eigenvalue weighted by Gasteiger charge is -2.18. The molecule has 3 nitrogen and oxygen atoms in total. The van der Waals surface area contributed by atoms with Crippen molar-refractivity contribution in [2.24, 2.45) is 0 Å². The third kappa shape index (κ3) is 3.86. The van der Waals surface area contributed by atoms with Crippen LogP contribution in [0.1, 0.15) is 23.6 Å². The molecule has 30 heavy (non-hydrogen) atoms. The lowest BCUT2D eigenvalue weighted by atomic mass is 9.99. The van der Waals surface area contributed by atoms with Gasteiger partial charge in [0.2, 0.25) is 6.33 Å². The molecule has 4 heteroatoms. The monoisotopic (exact) mass is 416 g/mol. The zero-order chi connectivity index (χ0) is 19.6. The molecule has 0 atom stereocenters. The van der Waals surface area contributed by atoms with Crippen LogP contribution in [-0.4, -0.2) is 11.2 Å². The highest BCUT2D eigenvalue weighted by molar-refractivity contribution is 5.76. The molecule has 4 aromatic rings. The Labute approximate surface area is 183 Å². The molecule has 0 radical (unpaired) electrons. The van der Waals surface area contributed by atoms with Crippen LogP contribution in [0.5, 0.6) is 5.75 Å². The summed E-state index contributed by atoms with van der Waals surface area (Å²) in [5.74, 6) is 0.994. The lowest BCUT2D eigenvalue weighted by Crippen LogP contribution is -3.00. The predicted molar refractivity (Wildman–Crippen MR) is 117 cm³/mol. The number of ether oxygens (including phenoxy) is 1. The molecule has 0 aliphatic carbocycles. The number of aromatic nitrogens is 2. The molecule has 0 saturated carbocycles. The van der Waals surface area contributed by atoms with Crippen molar-refractivity contribution in [2.75, 3.05) is 6.61 Å². The van der Waals surface area contributed by atoms with E-state index < -0.39 is 0 Å². The van der Waals surface area contributed by atoms with E-state index in [1.165, 1.54) is 33.3 Å². The van der Waals surface area contributed by atoms with E-state index in [0.29, 0.717) is 6.61 Å². The van der Waals surface area contributed by atoms with E-state index in [1.54, 1.807) is 0 Å². The first-order valence-corrected chi connectivity index (χ1v) is 10.3. The van der Waals surface area contributed by atoms with Crippen LogP contribution in [0.3, 0.4) is 0 Å². The van der Waals surface area contributed by atoms with Crippen molar-refractivity contribution in [3.05, 3.63) is 102 Å². The van der Waals surface area contributed by atoms with Gasteiger partial charge in [-0.15, -0.1) is 0 Å². The summed E-state index contributed by atoms with van der Waals surface area (Å²) < 4.78 is 10.6. The van der Waals surface area contributed by atoms with E-state index in [2.05, 4.69) is 101 Å². The summed E-state index contributed by atoms with van der Waals surface area (Å²) in [4.78, 5) is 0. The van der Waals surface area contributed by atoms with Crippen molar-refractivity contribution < 1.29 is 21.7 Å². The number of allylic oxidation sites excluding steroid dienone is 1. The fourth-order valence-electron chi connectivity index (χ4n) is 4.12. The summed E-state index contributed by atoms with van der Waals surface area (Å²) in [5.41, 5.74) is 7.72. The second-order valence-electron chi connectivity index (χ2n) is 7.57. The van der Waals surface area contributed by atoms with Gasteiger partial charge in [0.25, 0.3) is 0 Å². The van der Waals surface area contributed by atoms with Crippen molar-refractivity contribution >= 4 is 16.6 Å². The van der Waals surface area contributed by atoms with E-state index in [4.69, 9.17) is 4.74 Å². The molecule has 2 heterocycles. The zero-order valence-corrected chi connectivity index (χ0v) is 17.8. The highest BCUT2D eigenvalue weighted by atomic mass is 35.5. The first kappa shape index (κ1) is 20.2. The van der Waals surface area contributed by atoms with Crippen molar-refractivity contribution in [3.63, 3.8) is 0 Å². The molecule has 152 valence electrons. The number of hydrogen-bond donors (Lipinski definition) is 0. The Morgan fingerprint density at radius 1 is 0.933 bits per heavy atom. The van der Waals surface area contributed by atoms with Gasteiger partial charge in [-0.25, -0.2) is 9.13 Å². The second kappa shape index (κ2) is 8.76. The van der Waals surface area contributed by atoms with Crippen LogP contribution in [-0.2, 0) is 19.5 Å². The van der Waals surface area contributed by atoms with Crippen molar-refractivity contribution in [1.82, 2.24) is 4.57 Å². The number of imidazole rings is 1. The van der Waals surface area contributed by atoms with Gasteiger partial charge >= 0.3 is 0 Å². The molecule has 1 aliphatic rings. The van der Waals surface area contributed by atoms with Crippen LogP contribution >= 0.6 is 0 Å². The third-order valence-corrected chi connectivity index (χ3v) is 5.68. The summed E-state index contributed by atoms with van der Waals surface area (Å²) in [6.45, 7) is 4.54. The maximum Gasteiger partial charge on any atom is 0.245 e. The van der Waals surface area contributed by atoms with E-state index in [0.717, 1.165) is 25.3 Å². The normalized spacial score (nSPS) is 12.6. The molecular weight excluding hydrogens is 392 g/mol. The lowest BCUT2D eigenvalue weighted by molar-refractivity contribution is -0.663. The third-order valence-electron chi connectivity index (χ3n) is 5.68. The molecule has 3 aromatic carbocycles. The summed E-state index contributed by atoms with van der Waals surface area (Å²) in [5, 5.41) is 0. The largest absolute Gasteiger partial charge is 1.00 e. The van der Waals surface area contributed by atoms with Crippen molar-refractivity contribution in [3.8, 4) is 5.75 Å². The average molecular weight is 417 g/mol. The van der Waals surface area contributed by atoms with E-state index in [-0.39, 0.29) is 12.4 Å². The van der Waals surface area contributed by atoms with Crippen molar-refractivity contribution in [2.45, 2.75) is 26.4 Å². The molecule has 5 rings (SSSR count). The smallest absolute Gasteiger partial charge is 0.245 e. The number of benzene rings is 3. The van der Waals surface area contributed by atoms with Crippen LogP contribution in [0.2, 0.25) is 0 Å². The summed E-state index contributed by atoms with van der Waals surface area (Å²) in [7, 11) is 0. The molecule has 1 aromatic heterocycles. The Morgan fingerprint density at radius 2 is 1.73 bits per heavy atom. The highest BCUT2D eigenvalue weighted by Gasteiger charge is 2.20. The number of hydrogen-bond acceptors (Lipinski definition) is 1. The zero-order valence-electron chi connectivity index (χ0n) is 17.1. The minimum atomic E-state index is 0. The molecule has 0 N–H and O–H groups in total. The minimum Gasteiger partial charge on any atom is -1.00 e. The Bertz CT molecular complexity index is 1190. The number of halogens is 1. The molecule has 0 spiro atoms. The van der Waals surface area contributed by atoms with Gasteiger partial charge in [0.05, 0.1) is 0 Å². The molecular formula is C26H25ClN2O. The highest BCUT2D eigenvalue weighted by Crippen LogP contribution is 2.32. The molecule has 0 bridgehead atoms. The second-order valence-corrected chi connectivity index (χ2v) is 7.57. The Morgan fingerprint density at radius 3 is 2.57 bits per heavy atom. The van der Waals surface area contributed by atoms with Gasteiger partial charge in [-0.05, 0) is 47.9 Å². The molecule has 0 saturated heterocycles. The van der Waals surface area contributed by atoms with Gasteiger partial charge in [0, 0.05) is 11.1 Å². The van der Waals surface area contributed by atoms with Gasteiger partial charge < -0.3 is 17.1 Å². The SMILES string of the molecule is CCc1ccc2c(c1)C(Cn1c[n+](Cc3ccccc3)c3ccccc31)=CCO2.[Cl-]. The van der Waals surface area contributed by atoms with E-state index in [1.807, 2.05) is 0 Å². The Hall–Kier alpha value is -3.04. The summed E-state index contributed by atoms with van der Waals surface area (Å²) in [6.07, 6.45) is 5.50. The van der Waals surface area contributed by atoms with Crippen LogP contribution in [0.25, 0.3) is 16.6 Å². The Kier molecular flexibility index (Phi) is 5.91. The number of nitrogens with zero attached hydrogens (tertiary/aromatic N) is 2. The van der Waals surface area contributed by atoms with Gasteiger partial charge in [0.15, 0.2) is 11.0 Å². The maximum atomic E-state index is 5.87. The Balaban J connectivity index is 0.00000218. The number of para-hydroxylation sites is 2. The van der Waals surface area contributed by atoms with E-state index in [9.17, 15) is 0 Å². The number of rotatable bonds is 5. The molecule has 1 aliphatic heterocycles. The predicted octanol–water partition coefficient (Wildman–Crippen LogP) is 2.02. The number of fused-ring (bicyclic) bond motifs is 2. The maximum absolute atomic E-state index is 5.87. The van der Waals surface area contributed by atoms with Crippen LogP contribution in [0, 0.1) is 0 Å². The van der Waals surface area contributed by atoms with Gasteiger partial charge in [0.1, 0.15) is 25.4 Å². The van der Waals surface area contributed by atoms with Gasteiger partial charge in [-0.2, -0.15) is 0 Å². The van der Waals surface area contributed by atoms with Gasteiger partial charge in [-0.3, -0.25) is 0 Å². The van der Waals surface area contributed by atoms with Gasteiger partial charge in [-0.1, -0.05) is 55.5 Å². The fourth-order valence-corrected chi connectivity index (χ4v) is 4.12. The summed E-state index contributed by atoms with van der Waals surface area (Å²) in [6, 6.07) is 25.8. The molecule has 0 amide bonds. The summed E-state index contributed by atoms with van der Waals surface area (Å²) >= 11 is 0. The standard InChI is InChI=1S/C26H25N2O.ClH/c1-2-20-12-13-26-23(16-20)22(14-15-29-26)18-28-19-27(17-21-8-4-3-5-9-21)24-10-6-7-11-25(24)28;/h3-14,16,19H,2,15,17-18H2,1H3;1H/q+1;/p-1. The first-order chi connectivity index (χ1) is 14.3. The number of aryl methyl sites for hydroxylation is 1. The molecule has 0 unspecified atom stereocenters. The molecule has 0 fully saturated rings. The average Bonchev–Trinajstić information content (AvgIpc) is 3.12.